The van der Waals surface area contributed by atoms with Gasteiger partial charge in [-0.3, -0.25) is 4.90 Å². The zero-order chi connectivity index (χ0) is 17.7. The molecule has 0 radical (unpaired) electrons. The van der Waals surface area contributed by atoms with E-state index in [0.29, 0.717) is 0 Å². The Morgan fingerprint density at radius 3 is 2.50 bits per heavy atom. The fraction of sp³-hybridized carbons (Fsp3) is 0.471. The van der Waals surface area contributed by atoms with Gasteiger partial charge in [-0.1, -0.05) is 24.3 Å². The maximum Gasteiger partial charge on any atom is 0.418 e. The molecule has 4 nitrogen and oxygen atoms in total. The van der Waals surface area contributed by atoms with E-state index < -0.39 is 17.8 Å². The minimum Gasteiger partial charge on any atom is -0.335 e. The van der Waals surface area contributed by atoms with Crippen molar-refractivity contribution in [3.63, 3.8) is 0 Å². The number of carbonyl (C=O) groups is 1. The summed E-state index contributed by atoms with van der Waals surface area (Å²) in [6, 6.07) is 4.31. The summed E-state index contributed by atoms with van der Waals surface area (Å²) in [6.45, 7) is 8.34. The maximum atomic E-state index is 12.9. The fourth-order valence-corrected chi connectivity index (χ4v) is 2.80. The minimum absolute atomic E-state index is 0.0376. The average molecular weight is 341 g/mol. The first-order valence-electron chi connectivity index (χ1n) is 7.86. The SMILES string of the molecule is C=C(C)CN1CCC(NC(=O)Nc2ccccc2C(F)(F)F)CC1. The largest absolute Gasteiger partial charge is 0.418 e. The van der Waals surface area contributed by atoms with Crippen molar-refractivity contribution in [3.8, 4) is 0 Å². The van der Waals surface area contributed by atoms with Gasteiger partial charge in [0.05, 0.1) is 11.3 Å². The van der Waals surface area contributed by atoms with Crippen LogP contribution in [0.2, 0.25) is 0 Å². The van der Waals surface area contributed by atoms with E-state index in [2.05, 4.69) is 22.1 Å². The highest BCUT2D eigenvalue weighted by molar-refractivity contribution is 5.90. The molecule has 1 aromatic carbocycles. The molecule has 0 saturated carbocycles. The third kappa shape index (κ3) is 5.26. The summed E-state index contributed by atoms with van der Waals surface area (Å²) >= 11 is 0. The normalized spacial score (nSPS) is 16.7. The van der Waals surface area contributed by atoms with E-state index in [9.17, 15) is 18.0 Å². The molecule has 0 spiro atoms. The predicted molar refractivity (Wildman–Crippen MR) is 87.9 cm³/mol. The lowest BCUT2D eigenvalue weighted by Gasteiger charge is -2.32. The molecule has 1 aliphatic heterocycles. The molecule has 0 bridgehead atoms. The van der Waals surface area contributed by atoms with Gasteiger partial charge < -0.3 is 10.6 Å². The van der Waals surface area contributed by atoms with Crippen molar-refractivity contribution < 1.29 is 18.0 Å². The Balaban J connectivity index is 1.88. The van der Waals surface area contributed by atoms with Crippen LogP contribution < -0.4 is 10.6 Å². The number of piperidine rings is 1. The first-order valence-corrected chi connectivity index (χ1v) is 7.86. The second kappa shape index (κ2) is 7.70. The van der Waals surface area contributed by atoms with Crippen molar-refractivity contribution in [3.05, 3.63) is 42.0 Å². The van der Waals surface area contributed by atoms with Gasteiger partial charge in [0.2, 0.25) is 0 Å². The zero-order valence-corrected chi connectivity index (χ0v) is 13.6. The zero-order valence-electron chi connectivity index (χ0n) is 13.6. The number of hydrogen-bond acceptors (Lipinski definition) is 2. The second-order valence-corrected chi connectivity index (χ2v) is 6.15. The molecule has 2 amide bonds. The number of urea groups is 1. The van der Waals surface area contributed by atoms with Crippen LogP contribution in [0.3, 0.4) is 0 Å². The third-order valence-corrected chi connectivity index (χ3v) is 3.90. The number of amides is 2. The van der Waals surface area contributed by atoms with E-state index >= 15 is 0 Å². The number of carbonyl (C=O) groups excluding carboxylic acids is 1. The van der Waals surface area contributed by atoms with E-state index in [4.69, 9.17) is 0 Å². The molecule has 1 heterocycles. The number of benzene rings is 1. The van der Waals surface area contributed by atoms with Gasteiger partial charge in [-0.25, -0.2) is 4.79 Å². The van der Waals surface area contributed by atoms with Gasteiger partial charge in [0.1, 0.15) is 0 Å². The standard InChI is InChI=1S/C17H22F3N3O/c1-12(2)11-23-9-7-13(8-10-23)21-16(24)22-15-6-4-3-5-14(15)17(18,19)20/h3-6,13H,1,7-11H2,2H3,(H2,21,22,24). The molecule has 0 atom stereocenters. The summed E-state index contributed by atoms with van der Waals surface area (Å²) in [7, 11) is 0. The maximum absolute atomic E-state index is 12.9. The van der Waals surface area contributed by atoms with Crippen molar-refractivity contribution in [1.29, 1.82) is 0 Å². The van der Waals surface area contributed by atoms with Gasteiger partial charge in [0, 0.05) is 25.7 Å². The number of rotatable bonds is 4. The van der Waals surface area contributed by atoms with Crippen LogP contribution in [-0.4, -0.2) is 36.6 Å². The molecule has 2 rings (SSSR count). The monoisotopic (exact) mass is 341 g/mol. The van der Waals surface area contributed by atoms with E-state index in [1.54, 1.807) is 0 Å². The van der Waals surface area contributed by atoms with Gasteiger partial charge in [-0.2, -0.15) is 13.2 Å². The Kier molecular flexibility index (Phi) is 5.88. The molecule has 0 aliphatic carbocycles. The number of nitrogens with one attached hydrogen (secondary N) is 2. The van der Waals surface area contributed by atoms with Crippen LogP contribution in [0, 0.1) is 0 Å². The highest BCUT2D eigenvalue weighted by atomic mass is 19.4. The molecule has 0 aromatic heterocycles. The number of halogens is 3. The lowest BCUT2D eigenvalue weighted by molar-refractivity contribution is -0.136. The van der Waals surface area contributed by atoms with Crippen LogP contribution in [-0.2, 0) is 6.18 Å². The molecule has 2 N–H and O–H groups in total. The number of para-hydroxylation sites is 1. The lowest BCUT2D eigenvalue weighted by Crippen LogP contribution is -2.46. The van der Waals surface area contributed by atoms with Gasteiger partial charge in [-0.05, 0) is 31.9 Å². The number of anilines is 1. The Bertz CT molecular complexity index is 593. The van der Waals surface area contributed by atoms with E-state index in [-0.39, 0.29) is 11.7 Å². The smallest absolute Gasteiger partial charge is 0.335 e. The summed E-state index contributed by atoms with van der Waals surface area (Å²) in [4.78, 5) is 14.2. The van der Waals surface area contributed by atoms with Crippen LogP contribution >= 0.6 is 0 Å². The van der Waals surface area contributed by atoms with Gasteiger partial charge >= 0.3 is 12.2 Å². The third-order valence-electron chi connectivity index (χ3n) is 3.90. The molecule has 1 aliphatic rings. The number of nitrogens with zero attached hydrogens (tertiary/aromatic N) is 1. The Hall–Kier alpha value is -2.02. The molecule has 1 aromatic rings. The van der Waals surface area contributed by atoms with Crippen molar-refractivity contribution in [2.24, 2.45) is 0 Å². The Morgan fingerprint density at radius 1 is 1.29 bits per heavy atom. The second-order valence-electron chi connectivity index (χ2n) is 6.15. The van der Waals surface area contributed by atoms with Crippen molar-refractivity contribution >= 4 is 11.7 Å². The van der Waals surface area contributed by atoms with E-state index in [1.165, 1.54) is 18.2 Å². The predicted octanol–water partition coefficient (Wildman–Crippen LogP) is 3.87. The summed E-state index contributed by atoms with van der Waals surface area (Å²) < 4.78 is 38.8. The van der Waals surface area contributed by atoms with Crippen molar-refractivity contribution in [2.45, 2.75) is 32.0 Å². The highest BCUT2D eigenvalue weighted by Crippen LogP contribution is 2.34. The number of hydrogen-bond donors (Lipinski definition) is 2. The first-order chi connectivity index (χ1) is 11.3. The number of likely N-dealkylation sites (tertiary alicyclic amines) is 1. The number of alkyl halides is 3. The van der Waals surface area contributed by atoms with E-state index in [1.807, 2.05) is 6.92 Å². The fourth-order valence-electron chi connectivity index (χ4n) is 2.80. The first kappa shape index (κ1) is 18.3. The molecule has 0 unspecified atom stereocenters. The van der Waals surface area contributed by atoms with Crippen molar-refractivity contribution in [1.82, 2.24) is 10.2 Å². The average Bonchev–Trinajstić information content (AvgIpc) is 2.48. The van der Waals surface area contributed by atoms with Crippen LogP contribution in [0.5, 0.6) is 0 Å². The molecule has 1 saturated heterocycles. The quantitative estimate of drug-likeness (QED) is 0.817. The van der Waals surface area contributed by atoms with Gasteiger partial charge in [0.25, 0.3) is 0 Å². The lowest BCUT2D eigenvalue weighted by atomic mass is 10.0. The van der Waals surface area contributed by atoms with Crippen LogP contribution in [0.15, 0.2) is 36.4 Å². The topological polar surface area (TPSA) is 44.4 Å². The molecule has 132 valence electrons. The van der Waals surface area contributed by atoms with Gasteiger partial charge in [-0.15, -0.1) is 0 Å². The summed E-state index contributed by atoms with van der Waals surface area (Å²) in [5.74, 6) is 0. The molecular formula is C17H22F3N3O. The van der Waals surface area contributed by atoms with Crippen LogP contribution in [0.25, 0.3) is 0 Å². The van der Waals surface area contributed by atoms with Crippen LogP contribution in [0.1, 0.15) is 25.3 Å². The Labute approximate surface area is 139 Å². The molecular weight excluding hydrogens is 319 g/mol. The Morgan fingerprint density at radius 2 is 1.92 bits per heavy atom. The minimum atomic E-state index is -4.50. The van der Waals surface area contributed by atoms with Crippen LogP contribution in [0.4, 0.5) is 23.7 Å². The molecule has 7 heteroatoms. The molecule has 1 fully saturated rings. The molecule has 24 heavy (non-hydrogen) atoms. The summed E-state index contributed by atoms with van der Waals surface area (Å²) in [5, 5.41) is 5.06. The summed E-state index contributed by atoms with van der Waals surface area (Å²) in [6.07, 6.45) is -2.97. The van der Waals surface area contributed by atoms with E-state index in [0.717, 1.165) is 44.1 Å². The highest BCUT2D eigenvalue weighted by Gasteiger charge is 2.33. The van der Waals surface area contributed by atoms with Crippen molar-refractivity contribution in [2.75, 3.05) is 25.0 Å². The van der Waals surface area contributed by atoms with Gasteiger partial charge in [0.15, 0.2) is 0 Å². The summed E-state index contributed by atoms with van der Waals surface area (Å²) in [5.41, 5.74) is 0.00144.